The van der Waals surface area contributed by atoms with Crippen molar-refractivity contribution in [3.05, 3.63) is 0 Å². The molecular formula is C20H41IO6Si2. The van der Waals surface area contributed by atoms with Crippen molar-refractivity contribution in [2.24, 2.45) is 0 Å². The first-order chi connectivity index (χ1) is 12.5. The average molecular weight is 561 g/mol. The van der Waals surface area contributed by atoms with E-state index in [1.165, 1.54) is 0 Å². The lowest BCUT2D eigenvalue weighted by molar-refractivity contribution is -0.176. The van der Waals surface area contributed by atoms with Gasteiger partial charge in [0, 0.05) is 0 Å². The molecule has 0 spiro atoms. The van der Waals surface area contributed by atoms with Crippen LogP contribution in [-0.2, 0) is 27.9 Å². The molecule has 0 amide bonds. The van der Waals surface area contributed by atoms with Gasteiger partial charge in [0.05, 0.1) is 6.10 Å². The number of carbonyl (C=O) groups excluding carboxylic acids is 2. The molecule has 0 aromatic heterocycles. The number of alkyl halides is 1. The van der Waals surface area contributed by atoms with Crippen molar-refractivity contribution < 1.29 is 27.9 Å². The van der Waals surface area contributed by atoms with Crippen LogP contribution in [0.3, 0.4) is 0 Å². The number of hydrogen-bond acceptors (Lipinski definition) is 6. The van der Waals surface area contributed by atoms with Crippen molar-refractivity contribution in [3.63, 3.8) is 0 Å². The summed E-state index contributed by atoms with van der Waals surface area (Å²) >= 11 is 1.86. The lowest BCUT2D eigenvalue weighted by Gasteiger charge is -2.42. The lowest BCUT2D eigenvalue weighted by Crippen LogP contribution is -2.62. The number of rotatable bonds is 8. The van der Waals surface area contributed by atoms with Crippen molar-refractivity contribution in [3.8, 4) is 0 Å². The molecule has 0 aliphatic carbocycles. The van der Waals surface area contributed by atoms with E-state index in [0.29, 0.717) is 0 Å². The molecule has 0 aromatic rings. The van der Waals surface area contributed by atoms with Gasteiger partial charge in [-0.1, -0.05) is 22.6 Å². The molecule has 0 rings (SSSR count). The van der Waals surface area contributed by atoms with Gasteiger partial charge >= 0.3 is 11.9 Å². The van der Waals surface area contributed by atoms with Gasteiger partial charge in [-0.05, 0) is 87.7 Å². The molecule has 0 aliphatic rings. The predicted molar refractivity (Wildman–Crippen MR) is 131 cm³/mol. The van der Waals surface area contributed by atoms with Gasteiger partial charge in [-0.15, -0.1) is 0 Å². The fourth-order valence-electron chi connectivity index (χ4n) is 2.52. The highest BCUT2D eigenvalue weighted by molar-refractivity contribution is 14.1. The minimum Gasteiger partial charge on any atom is -0.458 e. The Balaban J connectivity index is 6.45. The summed E-state index contributed by atoms with van der Waals surface area (Å²) in [7, 11) is -4.13. The van der Waals surface area contributed by atoms with Crippen LogP contribution < -0.4 is 0 Å². The third-order valence-corrected chi connectivity index (χ3v) is 6.76. The highest BCUT2D eigenvalue weighted by Gasteiger charge is 2.58. The fourth-order valence-corrected chi connectivity index (χ4v) is 5.98. The van der Waals surface area contributed by atoms with Crippen molar-refractivity contribution in [2.75, 3.05) is 0 Å². The molecule has 0 fully saturated rings. The van der Waals surface area contributed by atoms with Crippen LogP contribution in [0.1, 0.15) is 48.5 Å². The summed E-state index contributed by atoms with van der Waals surface area (Å²) in [5.74, 6) is -1.34. The van der Waals surface area contributed by atoms with Gasteiger partial charge in [-0.25, -0.2) is 9.59 Å². The number of hydrogen-bond donors (Lipinski definition) is 0. The summed E-state index contributed by atoms with van der Waals surface area (Å²) in [6, 6.07) is 0. The van der Waals surface area contributed by atoms with Crippen molar-refractivity contribution >= 4 is 51.2 Å². The maximum absolute atomic E-state index is 13.4. The van der Waals surface area contributed by atoms with E-state index in [1.807, 2.05) is 49.2 Å². The van der Waals surface area contributed by atoms with E-state index in [9.17, 15) is 9.59 Å². The van der Waals surface area contributed by atoms with E-state index in [4.69, 9.17) is 18.3 Å². The highest BCUT2D eigenvalue weighted by atomic mass is 127. The van der Waals surface area contributed by atoms with Crippen LogP contribution in [-0.4, -0.2) is 55.4 Å². The molecule has 0 unspecified atom stereocenters. The number of halogens is 1. The van der Waals surface area contributed by atoms with Crippen LogP contribution in [0.4, 0.5) is 0 Å². The summed E-state index contributed by atoms with van der Waals surface area (Å²) in [6.45, 7) is 24.7. The zero-order chi connectivity index (χ0) is 23.6. The zero-order valence-electron chi connectivity index (χ0n) is 20.5. The first kappa shape index (κ1) is 29.0. The second-order valence-electron chi connectivity index (χ2n) is 11.3. The van der Waals surface area contributed by atoms with Gasteiger partial charge in [-0.3, -0.25) is 0 Å². The number of carbonyl (C=O) groups is 2. The van der Waals surface area contributed by atoms with Gasteiger partial charge in [0.25, 0.3) is 0 Å². The van der Waals surface area contributed by atoms with Crippen LogP contribution in [0.5, 0.6) is 0 Å². The minimum absolute atomic E-state index is 0.495. The summed E-state index contributed by atoms with van der Waals surface area (Å²) in [6.07, 6.45) is -1.34. The molecule has 6 nitrogen and oxygen atoms in total. The zero-order valence-corrected chi connectivity index (χ0v) is 24.6. The Kier molecular flexibility index (Phi) is 9.67. The molecule has 0 heterocycles. The second kappa shape index (κ2) is 9.66. The Labute approximate surface area is 193 Å². The first-order valence-corrected chi connectivity index (χ1v) is 17.9. The van der Waals surface area contributed by atoms with Gasteiger partial charge in [0.1, 0.15) is 17.3 Å². The molecule has 29 heavy (non-hydrogen) atoms. The quantitative estimate of drug-likeness (QED) is 0.132. The van der Waals surface area contributed by atoms with Crippen LogP contribution in [0.25, 0.3) is 0 Å². The summed E-state index contributed by atoms with van der Waals surface area (Å²) in [5, 5.41) is 0. The Bertz CT molecular complexity index is 554. The third kappa shape index (κ3) is 10.7. The van der Waals surface area contributed by atoms with E-state index in [2.05, 4.69) is 19.6 Å². The van der Waals surface area contributed by atoms with E-state index >= 15 is 0 Å². The predicted octanol–water partition coefficient (Wildman–Crippen LogP) is 5.30. The van der Waals surface area contributed by atoms with E-state index in [1.54, 1.807) is 41.5 Å². The standard InChI is InChI=1S/C20H41IO6Si2/c1-14(26-28(8,9)10)15(27-29(11,12)13)20(21,16(22)24-18(2,3)4)17(23)25-19(5,6)7/h14-15H,1-13H3/t14-,15+/m1/s1. The largest absolute Gasteiger partial charge is 0.458 e. The molecule has 0 radical (unpaired) electrons. The van der Waals surface area contributed by atoms with E-state index in [0.717, 1.165) is 0 Å². The average Bonchev–Trinajstić information content (AvgIpc) is 2.36. The minimum atomic E-state index is -2.16. The van der Waals surface area contributed by atoms with Crippen LogP contribution in [0.15, 0.2) is 0 Å². The Morgan fingerprint density at radius 2 is 1.03 bits per heavy atom. The normalized spacial score (nSPS) is 16.2. The van der Waals surface area contributed by atoms with Gasteiger partial charge in [0.15, 0.2) is 16.6 Å². The number of esters is 2. The Hall–Kier alpha value is 0.0238. The Morgan fingerprint density at radius 3 is 1.28 bits per heavy atom. The summed E-state index contributed by atoms with van der Waals surface area (Å²) < 4.78 is 22.3. The highest BCUT2D eigenvalue weighted by Crippen LogP contribution is 2.37. The third-order valence-electron chi connectivity index (χ3n) is 3.23. The van der Waals surface area contributed by atoms with Crippen LogP contribution in [0, 0.1) is 0 Å². The van der Waals surface area contributed by atoms with Crippen molar-refractivity contribution in [1.82, 2.24) is 0 Å². The van der Waals surface area contributed by atoms with E-state index < -0.39 is 55.4 Å². The topological polar surface area (TPSA) is 71.1 Å². The van der Waals surface area contributed by atoms with Gasteiger partial charge in [-0.2, -0.15) is 0 Å². The SMILES string of the molecule is C[C@@H](O[Si](C)(C)C)[C@H](O[Si](C)(C)C)C(I)(C(=O)OC(C)(C)C)C(=O)OC(C)(C)C. The maximum atomic E-state index is 13.4. The second-order valence-corrected chi connectivity index (χ2v) is 21.9. The molecule has 2 atom stereocenters. The molecule has 172 valence electrons. The maximum Gasteiger partial charge on any atom is 0.336 e. The van der Waals surface area contributed by atoms with Crippen molar-refractivity contribution in [2.45, 2.75) is 115 Å². The van der Waals surface area contributed by atoms with Crippen LogP contribution in [0.2, 0.25) is 39.3 Å². The molecule has 0 saturated heterocycles. The van der Waals surface area contributed by atoms with Crippen LogP contribution >= 0.6 is 22.6 Å². The Morgan fingerprint density at radius 1 is 0.724 bits per heavy atom. The number of ether oxygens (including phenoxy) is 2. The van der Waals surface area contributed by atoms with E-state index in [-0.39, 0.29) is 0 Å². The molecule has 0 saturated carbocycles. The van der Waals surface area contributed by atoms with Gasteiger partial charge in [0.2, 0.25) is 3.42 Å². The lowest BCUT2D eigenvalue weighted by atomic mass is 9.97. The summed E-state index contributed by atoms with van der Waals surface area (Å²) in [4.78, 5) is 26.7. The molecular weight excluding hydrogens is 519 g/mol. The van der Waals surface area contributed by atoms with Crippen molar-refractivity contribution in [1.29, 1.82) is 0 Å². The smallest absolute Gasteiger partial charge is 0.336 e. The fraction of sp³-hybridized carbons (Fsp3) is 0.900. The monoisotopic (exact) mass is 560 g/mol. The molecule has 0 aromatic carbocycles. The molecule has 0 aliphatic heterocycles. The molecule has 0 N–H and O–H groups in total. The van der Waals surface area contributed by atoms with Gasteiger partial charge < -0.3 is 18.3 Å². The first-order valence-electron chi connectivity index (χ1n) is 9.99. The summed E-state index contributed by atoms with van der Waals surface area (Å²) in [5.41, 5.74) is -1.52. The molecule has 9 heteroatoms. The molecule has 0 bridgehead atoms.